The topological polar surface area (TPSA) is 72.7 Å². The Kier molecular flexibility index (Phi) is 6.46. The lowest BCUT2D eigenvalue weighted by molar-refractivity contribution is -0.115. The summed E-state index contributed by atoms with van der Waals surface area (Å²) in [5.41, 5.74) is 3.96. The lowest BCUT2D eigenvalue weighted by Gasteiger charge is -2.16. The van der Waals surface area contributed by atoms with E-state index in [1.165, 1.54) is 11.8 Å². The third-order valence-corrected chi connectivity index (χ3v) is 5.56. The number of rotatable bonds is 7. The number of carbonyl (C=O) groups excluding carboxylic acids is 1. The van der Waals surface area contributed by atoms with Gasteiger partial charge in [-0.1, -0.05) is 36.9 Å². The fourth-order valence-corrected chi connectivity index (χ4v) is 3.84. The number of nitrogens with zero attached hydrogens (tertiary/aromatic N) is 4. The quantitative estimate of drug-likeness (QED) is 0.597. The Morgan fingerprint density at radius 2 is 1.82 bits per heavy atom. The monoisotopic (exact) mass is 395 g/mol. The molecule has 1 N–H and O–H groups in total. The summed E-state index contributed by atoms with van der Waals surface area (Å²) in [6, 6.07) is 9.83. The number of carbonyl (C=O) groups is 1. The zero-order valence-electron chi connectivity index (χ0n) is 16.6. The number of nitrogens with one attached hydrogen (secondary N) is 1. The van der Waals surface area contributed by atoms with Crippen LogP contribution in [0, 0.1) is 13.8 Å². The molecule has 3 aromatic rings. The molecule has 0 fully saturated rings. The highest BCUT2D eigenvalue weighted by molar-refractivity contribution is 8.00. The number of anilines is 1. The second-order valence-corrected chi connectivity index (χ2v) is 8.02. The molecule has 0 saturated heterocycles. The lowest BCUT2D eigenvalue weighted by atomic mass is 10.1. The average Bonchev–Trinajstić information content (AvgIpc) is 3.08. The van der Waals surface area contributed by atoms with Crippen LogP contribution in [-0.2, 0) is 11.3 Å². The fraction of sp³-hybridized carbons (Fsp3) is 0.333. The summed E-state index contributed by atoms with van der Waals surface area (Å²) in [7, 11) is 0. The first-order valence-electron chi connectivity index (χ1n) is 9.38. The third kappa shape index (κ3) is 4.42. The minimum absolute atomic E-state index is 0.0427. The first-order chi connectivity index (χ1) is 13.5. The van der Waals surface area contributed by atoms with E-state index in [1.54, 1.807) is 12.4 Å². The Bertz CT molecular complexity index is 934. The van der Waals surface area contributed by atoms with Gasteiger partial charge < -0.3 is 9.88 Å². The van der Waals surface area contributed by atoms with Crippen molar-refractivity contribution in [2.75, 3.05) is 5.32 Å². The van der Waals surface area contributed by atoms with Crippen LogP contribution in [0.3, 0.4) is 0 Å². The van der Waals surface area contributed by atoms with Gasteiger partial charge >= 0.3 is 0 Å². The van der Waals surface area contributed by atoms with Crippen LogP contribution in [0.5, 0.6) is 0 Å². The average molecular weight is 396 g/mol. The molecule has 7 heteroatoms. The number of benzene rings is 1. The van der Waals surface area contributed by atoms with Crippen LogP contribution < -0.4 is 5.32 Å². The number of amides is 1. The van der Waals surface area contributed by atoms with Crippen LogP contribution in [0.25, 0.3) is 11.4 Å². The predicted octanol–water partition coefficient (Wildman–Crippen LogP) is 4.49. The van der Waals surface area contributed by atoms with E-state index in [1.807, 2.05) is 51.1 Å². The highest BCUT2D eigenvalue weighted by Gasteiger charge is 2.21. The summed E-state index contributed by atoms with van der Waals surface area (Å²) in [6.07, 6.45) is 4.44. The molecule has 0 radical (unpaired) electrons. The number of aromatic nitrogens is 4. The summed E-state index contributed by atoms with van der Waals surface area (Å²) in [4.78, 5) is 16.8. The van der Waals surface area contributed by atoms with E-state index in [-0.39, 0.29) is 11.2 Å². The molecular formula is C21H25N5OS. The van der Waals surface area contributed by atoms with Gasteiger partial charge in [-0.3, -0.25) is 9.78 Å². The van der Waals surface area contributed by atoms with Crippen LogP contribution in [0.15, 0.2) is 47.9 Å². The normalized spacial score (nSPS) is 12.0. The molecule has 2 heterocycles. The largest absolute Gasteiger partial charge is 0.325 e. The van der Waals surface area contributed by atoms with Crippen molar-refractivity contribution in [3.05, 3.63) is 53.9 Å². The van der Waals surface area contributed by atoms with Crippen molar-refractivity contribution < 1.29 is 4.79 Å². The zero-order chi connectivity index (χ0) is 20.1. The molecule has 1 amide bonds. The van der Waals surface area contributed by atoms with E-state index in [9.17, 15) is 4.79 Å². The number of thioether (sulfide) groups is 1. The van der Waals surface area contributed by atoms with Crippen molar-refractivity contribution in [3.8, 4) is 11.4 Å². The minimum Gasteiger partial charge on any atom is -0.325 e. The molecule has 0 spiro atoms. The molecule has 1 unspecified atom stereocenters. The molecule has 0 aliphatic heterocycles. The number of hydrogen-bond donors (Lipinski definition) is 1. The van der Waals surface area contributed by atoms with Gasteiger partial charge in [-0.2, -0.15) is 0 Å². The van der Waals surface area contributed by atoms with Crippen molar-refractivity contribution in [1.82, 2.24) is 19.7 Å². The highest BCUT2D eigenvalue weighted by Crippen LogP contribution is 2.28. The van der Waals surface area contributed by atoms with E-state index >= 15 is 0 Å². The second kappa shape index (κ2) is 9.01. The Balaban J connectivity index is 1.79. The van der Waals surface area contributed by atoms with Crippen molar-refractivity contribution in [3.63, 3.8) is 0 Å². The van der Waals surface area contributed by atoms with Gasteiger partial charge in [0.05, 0.1) is 5.25 Å². The molecule has 6 nitrogen and oxygen atoms in total. The fourth-order valence-electron chi connectivity index (χ4n) is 2.96. The maximum Gasteiger partial charge on any atom is 0.237 e. The van der Waals surface area contributed by atoms with Crippen LogP contribution in [-0.4, -0.2) is 30.9 Å². The van der Waals surface area contributed by atoms with E-state index in [2.05, 4.69) is 32.0 Å². The molecule has 28 heavy (non-hydrogen) atoms. The molecule has 1 aromatic carbocycles. The minimum atomic E-state index is -0.302. The van der Waals surface area contributed by atoms with Crippen LogP contribution in [0.4, 0.5) is 5.69 Å². The van der Waals surface area contributed by atoms with E-state index in [0.29, 0.717) is 0 Å². The number of pyridine rings is 1. The number of para-hydroxylation sites is 1. The Labute approximate surface area is 169 Å². The third-order valence-electron chi connectivity index (χ3n) is 4.48. The van der Waals surface area contributed by atoms with Gasteiger partial charge in [-0.15, -0.1) is 10.2 Å². The molecule has 146 valence electrons. The molecule has 3 rings (SSSR count). The van der Waals surface area contributed by atoms with Crippen LogP contribution in [0.2, 0.25) is 0 Å². The zero-order valence-corrected chi connectivity index (χ0v) is 17.5. The Morgan fingerprint density at radius 3 is 2.46 bits per heavy atom. The molecule has 0 aliphatic rings. The van der Waals surface area contributed by atoms with Crippen molar-refractivity contribution in [2.45, 2.75) is 51.1 Å². The second-order valence-electron chi connectivity index (χ2n) is 6.71. The first kappa shape index (κ1) is 20.1. The van der Waals surface area contributed by atoms with Gasteiger partial charge in [0, 0.05) is 30.2 Å². The number of hydrogen-bond acceptors (Lipinski definition) is 5. The van der Waals surface area contributed by atoms with Gasteiger partial charge in [0.2, 0.25) is 5.91 Å². The van der Waals surface area contributed by atoms with Crippen LogP contribution in [0.1, 0.15) is 31.4 Å². The van der Waals surface area contributed by atoms with Crippen LogP contribution >= 0.6 is 11.8 Å². The highest BCUT2D eigenvalue weighted by atomic mass is 32.2. The van der Waals surface area contributed by atoms with Gasteiger partial charge in [-0.25, -0.2) is 0 Å². The summed E-state index contributed by atoms with van der Waals surface area (Å²) in [6.45, 7) is 8.80. The summed E-state index contributed by atoms with van der Waals surface area (Å²) < 4.78 is 2.07. The van der Waals surface area contributed by atoms with Gasteiger partial charge in [0.1, 0.15) is 0 Å². The molecule has 1 atom stereocenters. The van der Waals surface area contributed by atoms with Gasteiger partial charge in [-0.05, 0) is 50.5 Å². The molecule has 2 aromatic heterocycles. The molecule has 0 bridgehead atoms. The predicted molar refractivity (Wildman–Crippen MR) is 113 cm³/mol. The Morgan fingerprint density at radius 1 is 1.14 bits per heavy atom. The summed E-state index contributed by atoms with van der Waals surface area (Å²) in [5.74, 6) is 0.757. The van der Waals surface area contributed by atoms with E-state index in [0.717, 1.165) is 46.3 Å². The van der Waals surface area contributed by atoms with E-state index in [4.69, 9.17) is 0 Å². The van der Waals surface area contributed by atoms with Crippen molar-refractivity contribution >= 4 is 23.4 Å². The first-order valence-corrected chi connectivity index (χ1v) is 10.3. The number of aryl methyl sites for hydroxylation is 2. The lowest BCUT2D eigenvalue weighted by Crippen LogP contribution is -2.24. The maximum atomic E-state index is 12.8. The molecule has 0 aliphatic carbocycles. The Hall–Kier alpha value is -2.67. The SMILES string of the molecule is CCCn1c(SC(C)C(=O)Nc2c(C)cccc2C)nnc1-c1ccncc1. The maximum absolute atomic E-state index is 12.8. The van der Waals surface area contributed by atoms with Gasteiger partial charge in [0.15, 0.2) is 11.0 Å². The van der Waals surface area contributed by atoms with Crippen molar-refractivity contribution in [1.29, 1.82) is 0 Å². The summed E-state index contributed by atoms with van der Waals surface area (Å²) >= 11 is 1.43. The standard InChI is InChI=1S/C21H25N5OS/c1-5-13-26-19(17-9-11-22-12-10-17)24-25-21(26)28-16(4)20(27)23-18-14(2)7-6-8-15(18)3/h6-12,16H,5,13H2,1-4H3,(H,23,27). The summed E-state index contributed by atoms with van der Waals surface area (Å²) in [5, 5.41) is 12.2. The van der Waals surface area contributed by atoms with Crippen molar-refractivity contribution in [2.24, 2.45) is 0 Å². The molecular weight excluding hydrogens is 370 g/mol. The smallest absolute Gasteiger partial charge is 0.237 e. The van der Waals surface area contributed by atoms with E-state index < -0.39 is 0 Å². The van der Waals surface area contributed by atoms with Gasteiger partial charge in [0.25, 0.3) is 0 Å². The molecule has 0 saturated carbocycles.